The molecule has 2 saturated heterocycles. The number of benzene rings is 1. The summed E-state index contributed by atoms with van der Waals surface area (Å²) >= 11 is 6.13. The maximum atomic E-state index is 13.4. The molecule has 1 aromatic heterocycles. The number of carbonyl (C=O) groups excluding carboxylic acids is 2. The van der Waals surface area contributed by atoms with Crippen LogP contribution in [0.2, 0.25) is 5.02 Å². The first-order chi connectivity index (χ1) is 16.4. The molecule has 0 spiro atoms. The molecule has 2 aliphatic rings. The molecule has 3 heterocycles. The number of morpholine rings is 1. The van der Waals surface area contributed by atoms with Gasteiger partial charge in [-0.3, -0.25) is 14.3 Å². The van der Waals surface area contributed by atoms with Crippen molar-refractivity contribution in [2.24, 2.45) is 5.41 Å². The molecule has 2 aromatic rings. The van der Waals surface area contributed by atoms with Crippen LogP contribution in [0.3, 0.4) is 0 Å². The summed E-state index contributed by atoms with van der Waals surface area (Å²) in [7, 11) is 0. The van der Waals surface area contributed by atoms with Crippen molar-refractivity contribution < 1.29 is 19.1 Å². The second-order valence-electron chi connectivity index (χ2n) is 9.23. The summed E-state index contributed by atoms with van der Waals surface area (Å²) in [4.78, 5) is 30.3. The van der Waals surface area contributed by atoms with Crippen molar-refractivity contribution in [3.63, 3.8) is 0 Å². The Morgan fingerprint density at radius 2 is 1.97 bits per heavy atom. The third kappa shape index (κ3) is 5.73. The van der Waals surface area contributed by atoms with E-state index in [-0.39, 0.29) is 11.8 Å². The fourth-order valence-corrected chi connectivity index (χ4v) is 5.01. The van der Waals surface area contributed by atoms with E-state index in [1.54, 1.807) is 12.1 Å². The second-order valence-corrected chi connectivity index (χ2v) is 9.67. The van der Waals surface area contributed by atoms with E-state index in [0.717, 1.165) is 18.5 Å². The van der Waals surface area contributed by atoms with Crippen molar-refractivity contribution >= 4 is 23.4 Å². The third-order valence-electron chi connectivity index (χ3n) is 6.68. The Labute approximate surface area is 205 Å². The lowest BCUT2D eigenvalue weighted by atomic mass is 9.77. The zero-order chi connectivity index (χ0) is 24.1. The minimum atomic E-state index is -0.492. The number of piperidine rings is 1. The van der Waals surface area contributed by atoms with Gasteiger partial charge in [0, 0.05) is 55.3 Å². The summed E-state index contributed by atoms with van der Waals surface area (Å²) in [5.74, 6) is 0.644. The Bertz CT molecular complexity index is 1020. The van der Waals surface area contributed by atoms with Crippen molar-refractivity contribution in [3.8, 4) is 5.75 Å². The molecular formula is C25H33ClN4O4. The Balaban J connectivity index is 1.53. The molecule has 2 fully saturated rings. The Morgan fingerprint density at radius 3 is 2.68 bits per heavy atom. The monoisotopic (exact) mass is 488 g/mol. The lowest BCUT2D eigenvalue weighted by Gasteiger charge is -2.43. The van der Waals surface area contributed by atoms with Crippen LogP contribution in [-0.2, 0) is 16.1 Å². The van der Waals surface area contributed by atoms with E-state index in [1.807, 2.05) is 46.5 Å². The summed E-state index contributed by atoms with van der Waals surface area (Å²) in [6, 6.07) is 9.10. The second kappa shape index (κ2) is 10.8. The first kappa shape index (κ1) is 24.5. The SMILES string of the molecule is CCn1nc(C(=O)N2CCC[C@](COc3cccc(Cl)c3)(CC(=O)N3CCOCC3)C2)cc1C. The van der Waals surface area contributed by atoms with Gasteiger partial charge in [0.15, 0.2) is 5.69 Å². The molecule has 0 saturated carbocycles. The van der Waals surface area contributed by atoms with E-state index in [4.69, 9.17) is 21.1 Å². The average molecular weight is 489 g/mol. The summed E-state index contributed by atoms with van der Waals surface area (Å²) < 4.78 is 13.4. The van der Waals surface area contributed by atoms with Gasteiger partial charge in [-0.15, -0.1) is 0 Å². The number of aromatic nitrogens is 2. The van der Waals surface area contributed by atoms with E-state index >= 15 is 0 Å². The van der Waals surface area contributed by atoms with Crippen LogP contribution in [-0.4, -0.2) is 77.4 Å². The normalized spacial score (nSPS) is 20.9. The van der Waals surface area contributed by atoms with Crippen molar-refractivity contribution in [2.75, 3.05) is 46.0 Å². The molecule has 8 nitrogen and oxygen atoms in total. The average Bonchev–Trinajstić information content (AvgIpc) is 3.23. The minimum absolute atomic E-state index is 0.0819. The van der Waals surface area contributed by atoms with E-state index in [0.29, 0.717) is 75.4 Å². The fourth-order valence-electron chi connectivity index (χ4n) is 4.83. The third-order valence-corrected chi connectivity index (χ3v) is 6.91. The lowest BCUT2D eigenvalue weighted by molar-refractivity contribution is -0.139. The Morgan fingerprint density at radius 1 is 1.18 bits per heavy atom. The summed E-state index contributed by atoms with van der Waals surface area (Å²) in [5.41, 5.74) is 0.917. The number of likely N-dealkylation sites (tertiary alicyclic amines) is 1. The molecule has 2 aliphatic heterocycles. The van der Waals surface area contributed by atoms with Crippen LogP contribution in [0.1, 0.15) is 42.4 Å². The number of hydrogen-bond donors (Lipinski definition) is 0. The van der Waals surface area contributed by atoms with Gasteiger partial charge in [-0.05, 0) is 51.0 Å². The molecule has 184 valence electrons. The van der Waals surface area contributed by atoms with Gasteiger partial charge in [0.05, 0.1) is 19.8 Å². The molecule has 2 amide bonds. The van der Waals surface area contributed by atoms with Gasteiger partial charge in [-0.1, -0.05) is 17.7 Å². The van der Waals surface area contributed by atoms with Gasteiger partial charge in [-0.25, -0.2) is 0 Å². The van der Waals surface area contributed by atoms with Crippen LogP contribution in [0.15, 0.2) is 30.3 Å². The van der Waals surface area contributed by atoms with Crippen LogP contribution in [0.5, 0.6) is 5.75 Å². The van der Waals surface area contributed by atoms with Crippen LogP contribution < -0.4 is 4.74 Å². The van der Waals surface area contributed by atoms with E-state index in [2.05, 4.69) is 5.10 Å². The van der Waals surface area contributed by atoms with Crippen LogP contribution in [0.25, 0.3) is 0 Å². The highest BCUT2D eigenvalue weighted by molar-refractivity contribution is 6.30. The highest BCUT2D eigenvalue weighted by Gasteiger charge is 2.41. The van der Waals surface area contributed by atoms with Gasteiger partial charge >= 0.3 is 0 Å². The summed E-state index contributed by atoms with van der Waals surface area (Å²) in [6.07, 6.45) is 1.92. The minimum Gasteiger partial charge on any atom is -0.493 e. The molecule has 1 atom stereocenters. The van der Waals surface area contributed by atoms with E-state index in [9.17, 15) is 9.59 Å². The van der Waals surface area contributed by atoms with Crippen molar-refractivity contribution in [2.45, 2.75) is 39.7 Å². The fraction of sp³-hybridized carbons (Fsp3) is 0.560. The first-order valence-corrected chi connectivity index (χ1v) is 12.3. The van der Waals surface area contributed by atoms with Crippen molar-refractivity contribution in [3.05, 3.63) is 46.7 Å². The number of hydrogen-bond acceptors (Lipinski definition) is 5. The summed E-state index contributed by atoms with van der Waals surface area (Å²) in [5, 5.41) is 5.07. The predicted octanol–water partition coefficient (Wildman–Crippen LogP) is 3.42. The molecule has 0 aliphatic carbocycles. The summed E-state index contributed by atoms with van der Waals surface area (Å²) in [6.45, 7) is 8.39. The molecule has 0 radical (unpaired) electrons. The Hall–Kier alpha value is -2.58. The smallest absolute Gasteiger partial charge is 0.274 e. The predicted molar refractivity (Wildman–Crippen MR) is 129 cm³/mol. The lowest BCUT2D eigenvalue weighted by Crippen LogP contribution is -2.52. The first-order valence-electron chi connectivity index (χ1n) is 12.0. The van der Waals surface area contributed by atoms with Gasteiger partial charge in [0.2, 0.25) is 5.91 Å². The topological polar surface area (TPSA) is 76.9 Å². The number of carbonyl (C=O) groups is 2. The number of ether oxygens (including phenoxy) is 2. The zero-order valence-electron chi connectivity index (χ0n) is 20.0. The van der Waals surface area contributed by atoms with Gasteiger partial charge in [0.25, 0.3) is 5.91 Å². The molecule has 34 heavy (non-hydrogen) atoms. The van der Waals surface area contributed by atoms with Crippen LogP contribution >= 0.6 is 11.6 Å². The highest BCUT2D eigenvalue weighted by Crippen LogP contribution is 2.36. The molecular weight excluding hydrogens is 456 g/mol. The number of aryl methyl sites for hydroxylation is 2. The van der Waals surface area contributed by atoms with Gasteiger partial charge < -0.3 is 19.3 Å². The number of amides is 2. The maximum absolute atomic E-state index is 13.4. The molecule has 0 unspecified atom stereocenters. The number of nitrogens with zero attached hydrogens (tertiary/aromatic N) is 4. The Kier molecular flexibility index (Phi) is 7.78. The zero-order valence-corrected chi connectivity index (χ0v) is 20.7. The van der Waals surface area contributed by atoms with Gasteiger partial charge in [0.1, 0.15) is 5.75 Å². The molecule has 0 N–H and O–H groups in total. The molecule has 0 bridgehead atoms. The number of halogens is 1. The van der Waals surface area contributed by atoms with E-state index in [1.165, 1.54) is 0 Å². The van der Waals surface area contributed by atoms with E-state index < -0.39 is 5.41 Å². The van der Waals surface area contributed by atoms with Crippen molar-refractivity contribution in [1.29, 1.82) is 0 Å². The van der Waals surface area contributed by atoms with Gasteiger partial charge in [-0.2, -0.15) is 5.10 Å². The number of rotatable bonds is 7. The molecule has 1 aromatic carbocycles. The van der Waals surface area contributed by atoms with Crippen LogP contribution in [0, 0.1) is 12.3 Å². The highest BCUT2D eigenvalue weighted by atomic mass is 35.5. The van der Waals surface area contributed by atoms with Crippen molar-refractivity contribution in [1.82, 2.24) is 19.6 Å². The standard InChI is InChI=1S/C25H33ClN4O4/c1-3-30-19(2)14-22(27-30)24(32)29-9-5-8-25(17-29,16-23(31)28-10-12-33-13-11-28)18-34-21-7-4-6-20(26)15-21/h4,6-7,14-15H,3,5,8-13,16-18H2,1-2H3/t25-/m0/s1. The van der Waals surface area contributed by atoms with Crippen LogP contribution in [0.4, 0.5) is 0 Å². The maximum Gasteiger partial charge on any atom is 0.274 e. The largest absolute Gasteiger partial charge is 0.493 e. The quantitative estimate of drug-likeness (QED) is 0.597. The molecule has 9 heteroatoms. The molecule has 4 rings (SSSR count).